The van der Waals surface area contributed by atoms with Crippen molar-refractivity contribution in [2.75, 3.05) is 0 Å². The molecule has 1 fully saturated rings. The lowest BCUT2D eigenvalue weighted by Gasteiger charge is -2.15. The highest BCUT2D eigenvalue weighted by Gasteiger charge is 2.40. The van der Waals surface area contributed by atoms with Crippen LogP contribution in [0.2, 0.25) is 0 Å². The summed E-state index contributed by atoms with van der Waals surface area (Å²) in [5.74, 6) is 0.449. The van der Waals surface area contributed by atoms with Crippen LogP contribution in [0.5, 0.6) is 0 Å². The number of carbonyl (C=O) groups is 1. The van der Waals surface area contributed by atoms with Crippen molar-refractivity contribution in [2.45, 2.75) is 58.5 Å². The van der Waals surface area contributed by atoms with Crippen LogP contribution in [0.1, 0.15) is 47.3 Å². The Balaban J connectivity index is 1.51. The maximum Gasteiger partial charge on any atom is 0.315 e. The molecule has 2 amide bonds. The molecule has 5 nitrogen and oxygen atoms in total. The second-order valence-electron chi connectivity index (χ2n) is 7.30. The predicted molar refractivity (Wildman–Crippen MR) is 99.8 cm³/mol. The van der Waals surface area contributed by atoms with Crippen molar-refractivity contribution in [3.8, 4) is 0 Å². The highest BCUT2D eigenvalue weighted by Crippen LogP contribution is 2.42. The van der Waals surface area contributed by atoms with E-state index in [0.29, 0.717) is 5.92 Å². The molecule has 1 aliphatic rings. The van der Waals surface area contributed by atoms with E-state index in [0.717, 1.165) is 24.2 Å². The molecule has 1 saturated carbocycles. The number of benzene rings is 1. The number of urea groups is 1. The zero-order valence-electron chi connectivity index (χ0n) is 15.8. The van der Waals surface area contributed by atoms with E-state index in [1.54, 1.807) is 0 Å². The van der Waals surface area contributed by atoms with Crippen LogP contribution >= 0.6 is 0 Å². The highest BCUT2D eigenvalue weighted by atomic mass is 16.2. The molecule has 0 unspecified atom stereocenters. The number of amides is 2. The summed E-state index contributed by atoms with van der Waals surface area (Å²) in [6, 6.07) is 8.65. The van der Waals surface area contributed by atoms with Gasteiger partial charge in [-0.1, -0.05) is 24.3 Å². The van der Waals surface area contributed by atoms with E-state index in [9.17, 15) is 4.79 Å². The number of aromatic nitrogens is 2. The molecule has 3 atom stereocenters. The number of aryl methyl sites for hydroxylation is 3. The van der Waals surface area contributed by atoms with E-state index in [2.05, 4.69) is 53.8 Å². The molecular weight excluding hydrogens is 312 g/mol. The van der Waals surface area contributed by atoms with Crippen LogP contribution in [0.3, 0.4) is 0 Å². The SMILES string of the molecule is Cc1ccccc1[C@@H]1C[C@@H]1NC(=O)N[C@H](C)Cc1c(C)nn(C)c1C. The van der Waals surface area contributed by atoms with Crippen LogP contribution in [0.25, 0.3) is 0 Å². The molecule has 1 aromatic heterocycles. The van der Waals surface area contributed by atoms with E-state index >= 15 is 0 Å². The van der Waals surface area contributed by atoms with Crippen LogP contribution in [0.4, 0.5) is 4.79 Å². The van der Waals surface area contributed by atoms with Crippen molar-refractivity contribution in [1.29, 1.82) is 0 Å². The molecule has 0 saturated heterocycles. The minimum atomic E-state index is -0.0761. The van der Waals surface area contributed by atoms with Crippen molar-refractivity contribution >= 4 is 6.03 Å². The Bertz CT molecular complexity index is 780. The fourth-order valence-electron chi connectivity index (χ4n) is 3.61. The van der Waals surface area contributed by atoms with Crippen molar-refractivity contribution in [3.05, 3.63) is 52.3 Å². The Morgan fingerprint density at radius 2 is 2.04 bits per heavy atom. The molecule has 25 heavy (non-hydrogen) atoms. The van der Waals surface area contributed by atoms with Gasteiger partial charge in [0.2, 0.25) is 0 Å². The van der Waals surface area contributed by atoms with Crippen LogP contribution in [-0.2, 0) is 13.5 Å². The maximum atomic E-state index is 12.3. The van der Waals surface area contributed by atoms with E-state index in [-0.39, 0.29) is 18.1 Å². The Morgan fingerprint density at radius 3 is 2.68 bits per heavy atom. The minimum Gasteiger partial charge on any atom is -0.335 e. The van der Waals surface area contributed by atoms with Crippen LogP contribution < -0.4 is 10.6 Å². The molecule has 3 rings (SSSR count). The lowest BCUT2D eigenvalue weighted by Crippen LogP contribution is -2.43. The molecule has 1 aliphatic carbocycles. The van der Waals surface area contributed by atoms with Crippen LogP contribution in [0, 0.1) is 20.8 Å². The number of hydrogen-bond acceptors (Lipinski definition) is 2. The molecule has 134 valence electrons. The Hall–Kier alpha value is -2.30. The Kier molecular flexibility index (Phi) is 4.84. The van der Waals surface area contributed by atoms with Crippen LogP contribution in [0.15, 0.2) is 24.3 Å². The monoisotopic (exact) mass is 340 g/mol. The van der Waals surface area contributed by atoms with Gasteiger partial charge in [0.25, 0.3) is 0 Å². The molecule has 2 N–H and O–H groups in total. The van der Waals surface area contributed by atoms with Crippen molar-refractivity contribution in [3.63, 3.8) is 0 Å². The lowest BCUT2D eigenvalue weighted by atomic mass is 10.0. The first-order valence-corrected chi connectivity index (χ1v) is 8.98. The molecule has 0 bridgehead atoms. The van der Waals surface area contributed by atoms with Gasteiger partial charge in [0.15, 0.2) is 0 Å². The first-order valence-electron chi connectivity index (χ1n) is 8.98. The molecule has 0 aliphatic heterocycles. The summed E-state index contributed by atoms with van der Waals surface area (Å²) in [7, 11) is 1.95. The summed E-state index contributed by atoms with van der Waals surface area (Å²) >= 11 is 0. The average molecular weight is 340 g/mol. The molecular formula is C20H28N4O. The van der Waals surface area contributed by atoms with Crippen molar-refractivity contribution < 1.29 is 4.79 Å². The standard InChI is InChI=1S/C20H28N4O/c1-12-8-6-7-9-16(12)18-11-19(18)22-20(25)21-13(2)10-17-14(3)23-24(5)15(17)4/h6-9,13,18-19H,10-11H2,1-5H3,(H2,21,22,25)/t13-,18+,19+/m1/s1. The first-order chi connectivity index (χ1) is 11.9. The van der Waals surface area contributed by atoms with Crippen molar-refractivity contribution in [2.24, 2.45) is 7.05 Å². The number of rotatable bonds is 5. The van der Waals surface area contributed by atoms with Crippen molar-refractivity contribution in [1.82, 2.24) is 20.4 Å². The van der Waals surface area contributed by atoms with Gasteiger partial charge in [-0.3, -0.25) is 4.68 Å². The van der Waals surface area contributed by atoms with Gasteiger partial charge in [-0.05, 0) is 57.2 Å². The summed E-state index contributed by atoms with van der Waals surface area (Å²) in [6.07, 6.45) is 1.82. The number of carbonyl (C=O) groups excluding carboxylic acids is 1. The Labute approximate surface area is 149 Å². The van der Waals surface area contributed by atoms with Crippen LogP contribution in [-0.4, -0.2) is 27.9 Å². The summed E-state index contributed by atoms with van der Waals surface area (Å²) < 4.78 is 1.90. The molecule has 5 heteroatoms. The predicted octanol–water partition coefficient (Wildman–Crippen LogP) is 3.13. The highest BCUT2D eigenvalue weighted by molar-refractivity contribution is 5.75. The summed E-state index contributed by atoms with van der Waals surface area (Å²) in [5, 5.41) is 10.6. The maximum absolute atomic E-state index is 12.3. The van der Waals surface area contributed by atoms with Gasteiger partial charge in [0.1, 0.15) is 0 Å². The van der Waals surface area contributed by atoms with E-state index in [4.69, 9.17) is 0 Å². The second kappa shape index (κ2) is 6.90. The third-order valence-corrected chi connectivity index (χ3v) is 5.24. The van der Waals surface area contributed by atoms with E-state index in [1.165, 1.54) is 16.7 Å². The van der Waals surface area contributed by atoms with Gasteiger partial charge in [-0.2, -0.15) is 5.10 Å². The number of nitrogens with zero attached hydrogens (tertiary/aromatic N) is 2. The fraction of sp³-hybridized carbons (Fsp3) is 0.500. The van der Waals surface area contributed by atoms with E-state index in [1.807, 2.05) is 25.6 Å². The smallest absolute Gasteiger partial charge is 0.315 e. The third-order valence-electron chi connectivity index (χ3n) is 5.24. The molecule has 1 heterocycles. The minimum absolute atomic E-state index is 0.0669. The first kappa shape index (κ1) is 17.5. The quantitative estimate of drug-likeness (QED) is 0.878. The third kappa shape index (κ3) is 3.86. The van der Waals surface area contributed by atoms with Gasteiger partial charge in [0.05, 0.1) is 5.69 Å². The molecule has 0 spiro atoms. The van der Waals surface area contributed by atoms with Gasteiger partial charge in [-0.15, -0.1) is 0 Å². The zero-order chi connectivity index (χ0) is 18.1. The summed E-state index contributed by atoms with van der Waals surface area (Å²) in [4.78, 5) is 12.3. The largest absolute Gasteiger partial charge is 0.335 e. The van der Waals surface area contributed by atoms with Gasteiger partial charge in [-0.25, -0.2) is 4.79 Å². The number of nitrogens with one attached hydrogen (secondary N) is 2. The lowest BCUT2D eigenvalue weighted by molar-refractivity contribution is 0.237. The molecule has 0 radical (unpaired) electrons. The number of hydrogen-bond donors (Lipinski definition) is 2. The molecule has 2 aromatic rings. The van der Waals surface area contributed by atoms with E-state index < -0.39 is 0 Å². The fourth-order valence-corrected chi connectivity index (χ4v) is 3.61. The normalized spacial score (nSPS) is 20.2. The topological polar surface area (TPSA) is 59.0 Å². The summed E-state index contributed by atoms with van der Waals surface area (Å²) in [5.41, 5.74) is 6.07. The zero-order valence-corrected chi connectivity index (χ0v) is 15.8. The second-order valence-corrected chi connectivity index (χ2v) is 7.30. The van der Waals surface area contributed by atoms with Gasteiger partial charge >= 0.3 is 6.03 Å². The van der Waals surface area contributed by atoms with Gasteiger partial charge in [0, 0.05) is 30.7 Å². The summed E-state index contributed by atoms with van der Waals surface area (Å²) in [6.45, 7) is 8.26. The Morgan fingerprint density at radius 1 is 1.32 bits per heavy atom. The molecule has 1 aromatic carbocycles. The average Bonchev–Trinajstić information content (AvgIpc) is 3.25. The van der Waals surface area contributed by atoms with Gasteiger partial charge < -0.3 is 10.6 Å².